The van der Waals surface area contributed by atoms with Gasteiger partial charge in [-0.25, -0.2) is 4.79 Å². The lowest BCUT2D eigenvalue weighted by Crippen LogP contribution is -2.51. The summed E-state index contributed by atoms with van der Waals surface area (Å²) in [5.74, 6) is 0.0162. The summed E-state index contributed by atoms with van der Waals surface area (Å²) in [6.45, 7) is 4.26. The molecule has 8 nitrogen and oxygen atoms in total. The van der Waals surface area contributed by atoms with Crippen LogP contribution in [0.5, 0.6) is 0 Å². The summed E-state index contributed by atoms with van der Waals surface area (Å²) in [5.41, 5.74) is 10.1. The first kappa shape index (κ1) is 30.1. The number of nitrogens with two attached hydrogens (primary N) is 1. The molecule has 0 radical (unpaired) electrons. The third-order valence-electron chi connectivity index (χ3n) is 7.29. The highest BCUT2D eigenvalue weighted by atomic mass is 32.2. The van der Waals surface area contributed by atoms with Crippen molar-refractivity contribution in [1.29, 1.82) is 0 Å². The summed E-state index contributed by atoms with van der Waals surface area (Å²) in [5, 5.41) is 7.87. The predicted octanol–water partition coefficient (Wildman–Crippen LogP) is 5.61. The van der Waals surface area contributed by atoms with Gasteiger partial charge in [0.05, 0.1) is 19.3 Å². The molecule has 1 aliphatic rings. The lowest BCUT2D eigenvalue weighted by molar-refractivity contribution is -0.127. The van der Waals surface area contributed by atoms with Crippen LogP contribution in [0.3, 0.4) is 0 Å². The lowest BCUT2D eigenvalue weighted by atomic mass is 9.98. The van der Waals surface area contributed by atoms with Gasteiger partial charge in [-0.05, 0) is 52.9 Å². The van der Waals surface area contributed by atoms with Crippen molar-refractivity contribution in [2.45, 2.75) is 49.8 Å². The largest absolute Gasteiger partial charge is 0.453 e. The second-order valence-electron chi connectivity index (χ2n) is 11.4. The summed E-state index contributed by atoms with van der Waals surface area (Å²) < 4.78 is 4.71. The first-order valence-electron chi connectivity index (χ1n) is 14.2. The standard InChI is InChI=1S/C34H36N4O4S/c1-34(2,35)18-30(39)37-28-21-43-31-27-11-7-4-8-23(27)16-17-29(31)38(32(28)40)20-22-12-14-24(15-13-22)26-10-6-5-9-25(26)19-36-33(41)42-3/h4-17,28H,18-21,35H2,1-3H3,(H,36,41)(H,37,39). The first-order valence-corrected chi connectivity index (χ1v) is 15.1. The molecule has 1 heterocycles. The molecule has 4 N–H and O–H groups in total. The topological polar surface area (TPSA) is 114 Å². The Balaban J connectivity index is 1.44. The van der Waals surface area contributed by atoms with E-state index in [2.05, 4.69) is 22.8 Å². The van der Waals surface area contributed by atoms with Crippen molar-refractivity contribution >= 4 is 46.1 Å². The number of nitrogens with one attached hydrogen (secondary N) is 2. The van der Waals surface area contributed by atoms with E-state index in [-0.39, 0.29) is 18.2 Å². The van der Waals surface area contributed by atoms with E-state index in [1.54, 1.807) is 30.5 Å². The molecule has 1 atom stereocenters. The zero-order valence-electron chi connectivity index (χ0n) is 24.6. The van der Waals surface area contributed by atoms with Crippen molar-refractivity contribution in [3.05, 3.63) is 96.1 Å². The maximum Gasteiger partial charge on any atom is 0.407 e. The highest BCUT2D eigenvalue weighted by Crippen LogP contribution is 2.40. The number of amides is 3. The van der Waals surface area contributed by atoms with Crippen LogP contribution in [0.25, 0.3) is 21.9 Å². The Bertz CT molecular complexity index is 1650. The summed E-state index contributed by atoms with van der Waals surface area (Å²) in [7, 11) is 1.34. The van der Waals surface area contributed by atoms with E-state index in [9.17, 15) is 14.4 Å². The van der Waals surface area contributed by atoms with E-state index in [4.69, 9.17) is 10.5 Å². The van der Waals surface area contributed by atoms with Gasteiger partial charge in [0.15, 0.2) is 0 Å². The van der Waals surface area contributed by atoms with Gasteiger partial charge in [-0.2, -0.15) is 0 Å². The van der Waals surface area contributed by atoms with Crippen LogP contribution < -0.4 is 21.3 Å². The van der Waals surface area contributed by atoms with Crippen molar-refractivity contribution in [3.8, 4) is 11.1 Å². The van der Waals surface area contributed by atoms with Gasteiger partial charge >= 0.3 is 6.09 Å². The van der Waals surface area contributed by atoms with E-state index in [0.717, 1.165) is 43.6 Å². The van der Waals surface area contributed by atoms with Crippen LogP contribution in [-0.2, 0) is 27.4 Å². The molecular formula is C34H36N4O4S. The third kappa shape index (κ3) is 7.18. The number of nitrogens with zero attached hydrogens (tertiary/aromatic N) is 1. The number of carbonyl (C=O) groups is 3. The van der Waals surface area contributed by atoms with Gasteiger partial charge in [-0.1, -0.05) is 78.9 Å². The van der Waals surface area contributed by atoms with Crippen molar-refractivity contribution in [3.63, 3.8) is 0 Å². The van der Waals surface area contributed by atoms with E-state index in [0.29, 0.717) is 18.8 Å². The summed E-state index contributed by atoms with van der Waals surface area (Å²) in [6, 6.07) is 27.4. The van der Waals surface area contributed by atoms with Crippen LogP contribution in [0, 0.1) is 0 Å². The highest BCUT2D eigenvalue weighted by Gasteiger charge is 2.33. The van der Waals surface area contributed by atoms with Gasteiger partial charge in [-0.3, -0.25) is 9.59 Å². The van der Waals surface area contributed by atoms with Gasteiger partial charge in [-0.15, -0.1) is 11.8 Å². The number of ether oxygens (including phenoxy) is 1. The SMILES string of the molecule is COC(=O)NCc1ccccc1-c1ccc(CN2C(=O)C(NC(=O)CC(C)(C)N)CSc3c2ccc2ccccc32)cc1. The van der Waals surface area contributed by atoms with Gasteiger partial charge in [0.2, 0.25) is 5.91 Å². The van der Waals surface area contributed by atoms with E-state index >= 15 is 0 Å². The van der Waals surface area contributed by atoms with E-state index in [1.165, 1.54) is 7.11 Å². The molecule has 1 unspecified atom stereocenters. The van der Waals surface area contributed by atoms with Gasteiger partial charge < -0.3 is 26.0 Å². The molecule has 5 rings (SSSR count). The minimum Gasteiger partial charge on any atom is -0.453 e. The van der Waals surface area contributed by atoms with Gasteiger partial charge in [0, 0.05) is 29.2 Å². The molecule has 222 valence electrons. The summed E-state index contributed by atoms with van der Waals surface area (Å²) in [4.78, 5) is 41.3. The average Bonchev–Trinajstić information content (AvgIpc) is 3.12. The van der Waals surface area contributed by atoms with Crippen LogP contribution in [0.1, 0.15) is 31.4 Å². The second kappa shape index (κ2) is 12.9. The molecule has 0 aliphatic carbocycles. The molecule has 0 spiro atoms. The quantitative estimate of drug-likeness (QED) is 0.244. The normalized spacial score (nSPS) is 15.0. The third-order valence-corrected chi connectivity index (χ3v) is 8.51. The number of methoxy groups -OCH3 is 1. The van der Waals surface area contributed by atoms with Crippen LogP contribution in [0.2, 0.25) is 0 Å². The van der Waals surface area contributed by atoms with Gasteiger partial charge in [0.1, 0.15) is 6.04 Å². The Kier molecular flexibility index (Phi) is 9.03. The zero-order valence-corrected chi connectivity index (χ0v) is 25.4. The molecule has 0 saturated carbocycles. The van der Waals surface area contributed by atoms with Crippen LogP contribution in [-0.4, -0.2) is 42.4 Å². The molecule has 43 heavy (non-hydrogen) atoms. The molecule has 4 aromatic rings. The molecular weight excluding hydrogens is 560 g/mol. The van der Waals surface area contributed by atoms with Crippen molar-refractivity contribution < 1.29 is 19.1 Å². The molecule has 3 amide bonds. The monoisotopic (exact) mass is 596 g/mol. The number of carbonyl (C=O) groups excluding carboxylic acids is 3. The Morgan fingerprint density at radius 3 is 2.47 bits per heavy atom. The zero-order chi connectivity index (χ0) is 30.6. The molecule has 0 bridgehead atoms. The van der Waals surface area contributed by atoms with Gasteiger partial charge in [0.25, 0.3) is 5.91 Å². The highest BCUT2D eigenvalue weighted by molar-refractivity contribution is 7.99. The minimum absolute atomic E-state index is 0.120. The van der Waals surface area contributed by atoms with E-state index < -0.39 is 17.7 Å². The fourth-order valence-corrected chi connectivity index (χ4v) is 6.46. The Morgan fingerprint density at radius 2 is 1.72 bits per heavy atom. The maximum absolute atomic E-state index is 14.1. The van der Waals surface area contributed by atoms with Crippen LogP contribution in [0.4, 0.5) is 10.5 Å². The van der Waals surface area contributed by atoms with Crippen LogP contribution in [0.15, 0.2) is 89.8 Å². The molecule has 0 fully saturated rings. The number of hydrogen-bond donors (Lipinski definition) is 3. The number of anilines is 1. The Morgan fingerprint density at radius 1 is 1.00 bits per heavy atom. The molecule has 0 aromatic heterocycles. The lowest BCUT2D eigenvalue weighted by Gasteiger charge is -2.27. The summed E-state index contributed by atoms with van der Waals surface area (Å²) >= 11 is 1.59. The fourth-order valence-electron chi connectivity index (χ4n) is 5.23. The number of thioether (sulfide) groups is 1. The van der Waals surface area contributed by atoms with Crippen molar-refractivity contribution in [2.24, 2.45) is 5.73 Å². The van der Waals surface area contributed by atoms with Crippen molar-refractivity contribution in [1.82, 2.24) is 10.6 Å². The predicted molar refractivity (Wildman–Crippen MR) is 172 cm³/mol. The summed E-state index contributed by atoms with van der Waals surface area (Å²) in [6.07, 6.45) is -0.366. The maximum atomic E-state index is 14.1. The Labute approximate surface area is 256 Å². The number of rotatable bonds is 8. The van der Waals surface area contributed by atoms with E-state index in [1.807, 2.05) is 72.8 Å². The number of benzene rings is 4. The number of hydrogen-bond acceptors (Lipinski definition) is 6. The number of alkyl carbamates (subject to hydrolysis) is 1. The fraction of sp³-hybridized carbons (Fsp3) is 0.265. The minimum atomic E-state index is -0.695. The van der Waals surface area contributed by atoms with Crippen molar-refractivity contribution in [2.75, 3.05) is 17.8 Å². The smallest absolute Gasteiger partial charge is 0.407 e. The number of fused-ring (bicyclic) bond motifs is 3. The Hall–Kier alpha value is -4.34. The second-order valence-corrected chi connectivity index (χ2v) is 12.4. The molecule has 4 aromatic carbocycles. The van der Waals surface area contributed by atoms with Crippen LogP contribution >= 0.6 is 11.8 Å². The average molecular weight is 597 g/mol. The molecule has 1 aliphatic heterocycles. The molecule has 0 saturated heterocycles. The first-order chi connectivity index (χ1) is 20.6. The molecule has 9 heteroatoms.